The third kappa shape index (κ3) is 1.64. The van der Waals surface area contributed by atoms with Crippen LogP contribution < -0.4 is 10.1 Å². The Morgan fingerprint density at radius 3 is 2.85 bits per heavy atom. The van der Waals surface area contributed by atoms with Gasteiger partial charge in [-0.1, -0.05) is 11.6 Å². The predicted octanol–water partition coefficient (Wildman–Crippen LogP) is 2.38. The van der Waals surface area contributed by atoms with Crippen molar-refractivity contribution in [3.8, 4) is 5.75 Å². The van der Waals surface area contributed by atoms with Crippen LogP contribution in [-0.4, -0.2) is 13.7 Å². The standard InChI is InChI=1S/C10H12ClNO/c1-13-10-3-2-7(11)6-8(10)9-4-5-12-9/h2-3,6,9,12H,4-5H2,1H3/t9-/m1/s1. The van der Waals surface area contributed by atoms with Gasteiger partial charge in [-0.15, -0.1) is 0 Å². The van der Waals surface area contributed by atoms with Crippen molar-refractivity contribution < 1.29 is 4.74 Å². The zero-order valence-electron chi connectivity index (χ0n) is 7.51. The second kappa shape index (κ2) is 3.56. The molecule has 0 unspecified atom stereocenters. The molecule has 1 aromatic rings. The fourth-order valence-corrected chi connectivity index (χ4v) is 1.71. The van der Waals surface area contributed by atoms with Crippen molar-refractivity contribution in [3.63, 3.8) is 0 Å². The highest BCUT2D eigenvalue weighted by atomic mass is 35.5. The Kier molecular flexibility index (Phi) is 2.42. The van der Waals surface area contributed by atoms with E-state index in [9.17, 15) is 0 Å². The monoisotopic (exact) mass is 197 g/mol. The molecule has 0 aliphatic carbocycles. The maximum absolute atomic E-state index is 5.92. The molecular weight excluding hydrogens is 186 g/mol. The zero-order chi connectivity index (χ0) is 9.26. The van der Waals surface area contributed by atoms with Crippen LogP contribution in [0, 0.1) is 0 Å². The van der Waals surface area contributed by atoms with Crippen LogP contribution in [0.4, 0.5) is 0 Å². The van der Waals surface area contributed by atoms with Crippen LogP contribution in [0.1, 0.15) is 18.0 Å². The maximum Gasteiger partial charge on any atom is 0.123 e. The number of nitrogens with one attached hydrogen (secondary N) is 1. The molecule has 1 N–H and O–H groups in total. The minimum absolute atomic E-state index is 0.425. The van der Waals surface area contributed by atoms with Crippen LogP contribution in [0.15, 0.2) is 18.2 Å². The lowest BCUT2D eigenvalue weighted by molar-refractivity contribution is 0.353. The summed E-state index contributed by atoms with van der Waals surface area (Å²) in [5.74, 6) is 0.918. The second-order valence-electron chi connectivity index (χ2n) is 3.18. The van der Waals surface area contributed by atoms with Crippen molar-refractivity contribution in [3.05, 3.63) is 28.8 Å². The van der Waals surface area contributed by atoms with Crippen molar-refractivity contribution in [2.24, 2.45) is 0 Å². The number of halogens is 1. The number of benzene rings is 1. The Morgan fingerprint density at radius 1 is 1.54 bits per heavy atom. The quantitative estimate of drug-likeness (QED) is 0.786. The molecule has 1 fully saturated rings. The second-order valence-corrected chi connectivity index (χ2v) is 3.62. The van der Waals surface area contributed by atoms with Crippen LogP contribution in [0.3, 0.4) is 0 Å². The van der Waals surface area contributed by atoms with Gasteiger partial charge in [0.1, 0.15) is 5.75 Å². The van der Waals surface area contributed by atoms with E-state index in [2.05, 4.69) is 5.32 Å². The summed E-state index contributed by atoms with van der Waals surface area (Å²) in [4.78, 5) is 0. The van der Waals surface area contributed by atoms with E-state index in [4.69, 9.17) is 16.3 Å². The van der Waals surface area contributed by atoms with E-state index in [1.807, 2.05) is 18.2 Å². The largest absolute Gasteiger partial charge is 0.496 e. The van der Waals surface area contributed by atoms with Gasteiger partial charge in [0.2, 0.25) is 0 Å². The van der Waals surface area contributed by atoms with Crippen LogP contribution in [0.5, 0.6) is 5.75 Å². The van der Waals surface area contributed by atoms with Crippen LogP contribution in [-0.2, 0) is 0 Å². The number of methoxy groups -OCH3 is 1. The van der Waals surface area contributed by atoms with E-state index in [1.165, 1.54) is 5.56 Å². The number of hydrogen-bond acceptors (Lipinski definition) is 2. The van der Waals surface area contributed by atoms with E-state index in [0.717, 1.165) is 23.7 Å². The molecule has 13 heavy (non-hydrogen) atoms. The summed E-state index contributed by atoms with van der Waals surface area (Å²) in [5.41, 5.74) is 1.17. The predicted molar refractivity (Wildman–Crippen MR) is 53.4 cm³/mol. The number of ether oxygens (including phenoxy) is 1. The molecule has 0 radical (unpaired) electrons. The zero-order valence-corrected chi connectivity index (χ0v) is 8.27. The molecule has 0 amide bonds. The molecule has 70 valence electrons. The van der Waals surface area contributed by atoms with Gasteiger partial charge in [-0.3, -0.25) is 0 Å². The van der Waals surface area contributed by atoms with Crippen LogP contribution in [0.25, 0.3) is 0 Å². The molecule has 3 heteroatoms. The Morgan fingerprint density at radius 2 is 2.31 bits per heavy atom. The van der Waals surface area contributed by atoms with E-state index in [0.29, 0.717) is 6.04 Å². The minimum Gasteiger partial charge on any atom is -0.496 e. The van der Waals surface area contributed by atoms with Gasteiger partial charge in [0, 0.05) is 16.6 Å². The smallest absolute Gasteiger partial charge is 0.123 e. The fourth-order valence-electron chi connectivity index (χ4n) is 1.53. The molecule has 2 nitrogen and oxygen atoms in total. The molecule has 1 heterocycles. The van der Waals surface area contributed by atoms with Crippen LogP contribution >= 0.6 is 11.6 Å². The number of rotatable bonds is 2. The van der Waals surface area contributed by atoms with Gasteiger partial charge < -0.3 is 10.1 Å². The molecular formula is C10H12ClNO. The lowest BCUT2D eigenvalue weighted by Crippen LogP contribution is -2.35. The van der Waals surface area contributed by atoms with E-state index in [1.54, 1.807) is 7.11 Å². The van der Waals surface area contributed by atoms with Crippen molar-refractivity contribution >= 4 is 11.6 Å². The molecule has 2 rings (SSSR count). The molecule has 0 spiro atoms. The summed E-state index contributed by atoms with van der Waals surface area (Å²) >= 11 is 5.92. The van der Waals surface area contributed by atoms with Gasteiger partial charge >= 0.3 is 0 Å². The SMILES string of the molecule is COc1ccc(Cl)cc1[C@H]1CCN1. The van der Waals surface area contributed by atoms with Crippen LogP contribution in [0.2, 0.25) is 5.02 Å². The topological polar surface area (TPSA) is 21.3 Å². The summed E-state index contributed by atoms with van der Waals surface area (Å²) in [5, 5.41) is 4.09. The van der Waals surface area contributed by atoms with Crippen molar-refractivity contribution in [2.45, 2.75) is 12.5 Å². The van der Waals surface area contributed by atoms with Gasteiger partial charge in [0.05, 0.1) is 7.11 Å². The van der Waals surface area contributed by atoms with Gasteiger partial charge in [0.15, 0.2) is 0 Å². The highest BCUT2D eigenvalue weighted by molar-refractivity contribution is 6.30. The highest BCUT2D eigenvalue weighted by Gasteiger charge is 2.21. The summed E-state index contributed by atoms with van der Waals surface area (Å²) in [6.45, 7) is 1.08. The first kappa shape index (κ1) is 8.85. The van der Waals surface area contributed by atoms with Gasteiger partial charge in [-0.2, -0.15) is 0 Å². The average Bonchev–Trinajstić information content (AvgIpc) is 2.02. The molecule has 0 aromatic heterocycles. The van der Waals surface area contributed by atoms with Crippen molar-refractivity contribution in [2.75, 3.05) is 13.7 Å². The molecule has 1 atom stereocenters. The Hall–Kier alpha value is -0.730. The van der Waals surface area contributed by atoms with E-state index >= 15 is 0 Å². The molecule has 0 saturated carbocycles. The first-order valence-electron chi connectivity index (χ1n) is 4.38. The normalized spacial score (nSPS) is 20.9. The Labute approximate surface area is 82.9 Å². The van der Waals surface area contributed by atoms with E-state index in [-0.39, 0.29) is 0 Å². The lowest BCUT2D eigenvalue weighted by Gasteiger charge is -2.29. The summed E-state index contributed by atoms with van der Waals surface area (Å²) in [6, 6.07) is 6.16. The third-order valence-corrected chi connectivity index (χ3v) is 2.63. The summed E-state index contributed by atoms with van der Waals surface area (Å²) in [7, 11) is 1.69. The molecule has 1 saturated heterocycles. The van der Waals surface area contributed by atoms with Gasteiger partial charge in [-0.25, -0.2) is 0 Å². The van der Waals surface area contributed by atoms with Gasteiger partial charge in [0.25, 0.3) is 0 Å². The molecule has 1 aliphatic heterocycles. The molecule has 0 bridgehead atoms. The summed E-state index contributed by atoms with van der Waals surface area (Å²) in [6.07, 6.45) is 1.16. The van der Waals surface area contributed by atoms with Gasteiger partial charge in [-0.05, 0) is 31.2 Å². The third-order valence-electron chi connectivity index (χ3n) is 2.39. The fraction of sp³-hybridized carbons (Fsp3) is 0.400. The highest BCUT2D eigenvalue weighted by Crippen LogP contribution is 2.32. The summed E-state index contributed by atoms with van der Waals surface area (Å²) < 4.78 is 5.26. The van der Waals surface area contributed by atoms with Crippen molar-refractivity contribution in [1.29, 1.82) is 0 Å². The maximum atomic E-state index is 5.92. The Bertz CT molecular complexity index is 310. The average molecular weight is 198 g/mol. The van der Waals surface area contributed by atoms with Crippen molar-refractivity contribution in [1.82, 2.24) is 5.32 Å². The number of hydrogen-bond donors (Lipinski definition) is 1. The van der Waals surface area contributed by atoms with E-state index < -0.39 is 0 Å². The molecule has 1 aromatic carbocycles. The Balaban J connectivity index is 2.33. The lowest BCUT2D eigenvalue weighted by atomic mass is 9.97. The minimum atomic E-state index is 0.425. The molecule has 1 aliphatic rings. The first-order valence-corrected chi connectivity index (χ1v) is 4.76. The first-order chi connectivity index (χ1) is 6.31.